The Balaban J connectivity index is 0.00000128. The van der Waals surface area contributed by atoms with Crippen LogP contribution in [0.1, 0.15) is 79.1 Å². The summed E-state index contributed by atoms with van der Waals surface area (Å²) in [6.07, 6.45) is 13.7. The summed E-state index contributed by atoms with van der Waals surface area (Å²) in [4.78, 5) is 0. The van der Waals surface area contributed by atoms with E-state index in [0.29, 0.717) is 0 Å². The van der Waals surface area contributed by atoms with Gasteiger partial charge in [-0.1, -0.05) is 59.8 Å². The van der Waals surface area contributed by atoms with Crippen molar-refractivity contribution in [3.63, 3.8) is 0 Å². The molecule has 0 N–H and O–H groups in total. The largest absolute Gasteiger partial charge is 0.0776 e. The normalized spacial score (nSPS) is 40.1. The maximum atomic E-state index is 2.45. The molecular formula is C16H32. The molecule has 16 heavy (non-hydrogen) atoms. The first kappa shape index (κ1) is 14.1. The van der Waals surface area contributed by atoms with E-state index in [4.69, 9.17) is 0 Å². The highest BCUT2D eigenvalue weighted by molar-refractivity contribution is 4.77. The highest BCUT2D eigenvalue weighted by atomic mass is 14.3. The molecule has 0 nitrogen and oxygen atoms in total. The molecule has 96 valence electrons. The van der Waals surface area contributed by atoms with Crippen molar-refractivity contribution >= 4 is 0 Å². The van der Waals surface area contributed by atoms with E-state index in [1.165, 1.54) is 51.4 Å². The summed E-state index contributed by atoms with van der Waals surface area (Å²) in [5.74, 6) is 4.21. The highest BCUT2D eigenvalue weighted by Crippen LogP contribution is 2.38. The predicted molar refractivity (Wildman–Crippen MR) is 73.6 cm³/mol. The second-order valence-electron chi connectivity index (χ2n) is 6.51. The Labute approximate surface area is 103 Å². The van der Waals surface area contributed by atoms with E-state index in [9.17, 15) is 0 Å². The van der Waals surface area contributed by atoms with E-state index >= 15 is 0 Å². The quantitative estimate of drug-likeness (QED) is 0.567. The lowest BCUT2D eigenvalue weighted by Crippen LogP contribution is -2.20. The molecule has 2 fully saturated rings. The van der Waals surface area contributed by atoms with Crippen LogP contribution in [0.5, 0.6) is 0 Å². The minimum Gasteiger partial charge on any atom is -0.0776 e. The summed E-state index contributed by atoms with van der Waals surface area (Å²) in [5.41, 5.74) is 0. The van der Waals surface area contributed by atoms with Gasteiger partial charge in [0, 0.05) is 0 Å². The number of hydrogen-bond donors (Lipinski definition) is 0. The molecule has 0 aliphatic heterocycles. The molecule has 0 amide bonds. The van der Waals surface area contributed by atoms with Gasteiger partial charge < -0.3 is 0 Å². The van der Waals surface area contributed by atoms with E-state index < -0.39 is 0 Å². The van der Waals surface area contributed by atoms with Gasteiger partial charge in [0.1, 0.15) is 0 Å². The molecule has 4 unspecified atom stereocenters. The van der Waals surface area contributed by atoms with Gasteiger partial charge in [0.2, 0.25) is 0 Å². The van der Waals surface area contributed by atoms with E-state index in [1.807, 2.05) is 0 Å². The summed E-state index contributed by atoms with van der Waals surface area (Å²) in [7, 11) is 0. The molecule has 0 spiro atoms. The van der Waals surface area contributed by atoms with Crippen LogP contribution in [0, 0.1) is 23.7 Å². The average molecular weight is 224 g/mol. The van der Waals surface area contributed by atoms with E-state index in [1.54, 1.807) is 6.42 Å². The highest BCUT2D eigenvalue weighted by Gasteiger charge is 2.25. The lowest BCUT2D eigenvalue weighted by atomic mass is 9.73. The molecule has 2 rings (SSSR count). The maximum absolute atomic E-state index is 2.45. The first-order valence-corrected chi connectivity index (χ1v) is 7.24. The fourth-order valence-corrected chi connectivity index (χ4v) is 4.02. The molecule has 0 aromatic carbocycles. The van der Waals surface area contributed by atoms with Crippen LogP contribution in [-0.2, 0) is 0 Å². The first-order chi connectivity index (χ1) is 7.24. The minimum atomic E-state index is 0. The average Bonchev–Trinajstić information content (AvgIpc) is 2.17. The Morgan fingerprint density at radius 2 is 1.19 bits per heavy atom. The van der Waals surface area contributed by atoms with Crippen LogP contribution in [0.4, 0.5) is 0 Å². The van der Waals surface area contributed by atoms with Gasteiger partial charge in [-0.2, -0.15) is 0 Å². The zero-order chi connectivity index (χ0) is 10.7. The molecule has 0 aromatic rings. The van der Waals surface area contributed by atoms with Crippen molar-refractivity contribution in [2.45, 2.75) is 79.1 Å². The van der Waals surface area contributed by atoms with Crippen LogP contribution in [0.15, 0.2) is 0 Å². The summed E-state index contributed by atoms with van der Waals surface area (Å²) >= 11 is 0. The zero-order valence-electron chi connectivity index (χ0n) is 10.7. The summed E-state index contributed by atoms with van der Waals surface area (Å²) in [6.45, 7) is 4.91. The predicted octanol–water partition coefficient (Wildman–Crippen LogP) is 5.67. The molecule has 0 saturated heterocycles. The monoisotopic (exact) mass is 224 g/mol. The van der Waals surface area contributed by atoms with Crippen molar-refractivity contribution < 1.29 is 0 Å². The first-order valence-electron chi connectivity index (χ1n) is 7.24. The third-order valence-electron chi connectivity index (χ3n) is 4.76. The van der Waals surface area contributed by atoms with Gasteiger partial charge in [-0.15, -0.1) is 0 Å². The van der Waals surface area contributed by atoms with Crippen molar-refractivity contribution in [1.82, 2.24) is 0 Å². The Morgan fingerprint density at radius 1 is 0.750 bits per heavy atom. The molecule has 0 aromatic heterocycles. The molecule has 0 heteroatoms. The fourth-order valence-electron chi connectivity index (χ4n) is 4.02. The van der Waals surface area contributed by atoms with Crippen LogP contribution >= 0.6 is 0 Å². The van der Waals surface area contributed by atoms with Gasteiger partial charge in [0.05, 0.1) is 0 Å². The molecule has 4 atom stereocenters. The summed E-state index contributed by atoms with van der Waals surface area (Å²) < 4.78 is 0. The Bertz CT molecular complexity index is 164. The molecule has 0 radical (unpaired) electrons. The summed E-state index contributed by atoms with van der Waals surface area (Å²) in [5, 5.41) is 0. The standard InChI is InChI=1S/C15H28.CH4/c1-12-5-3-7-14(9-12)11-15-8-4-6-13(2)10-15;/h12-15H,3-11H2,1-2H3;1H4. The van der Waals surface area contributed by atoms with Crippen LogP contribution in [0.2, 0.25) is 0 Å². The lowest BCUT2D eigenvalue weighted by molar-refractivity contribution is 0.191. The van der Waals surface area contributed by atoms with Crippen LogP contribution in [0.3, 0.4) is 0 Å². The van der Waals surface area contributed by atoms with Crippen molar-refractivity contribution in [2.24, 2.45) is 23.7 Å². The fraction of sp³-hybridized carbons (Fsp3) is 1.00. The third-order valence-corrected chi connectivity index (χ3v) is 4.76. The van der Waals surface area contributed by atoms with E-state index in [-0.39, 0.29) is 7.43 Å². The molecular weight excluding hydrogens is 192 g/mol. The Morgan fingerprint density at radius 3 is 1.56 bits per heavy atom. The second kappa shape index (κ2) is 6.67. The molecule has 0 bridgehead atoms. The van der Waals surface area contributed by atoms with Gasteiger partial charge >= 0.3 is 0 Å². The van der Waals surface area contributed by atoms with E-state index in [0.717, 1.165) is 23.7 Å². The van der Waals surface area contributed by atoms with Crippen LogP contribution < -0.4 is 0 Å². The molecule has 0 heterocycles. The van der Waals surface area contributed by atoms with Crippen molar-refractivity contribution in [3.05, 3.63) is 0 Å². The molecule has 2 aliphatic carbocycles. The van der Waals surface area contributed by atoms with Crippen LogP contribution in [-0.4, -0.2) is 0 Å². The van der Waals surface area contributed by atoms with Crippen LogP contribution in [0.25, 0.3) is 0 Å². The number of hydrogen-bond acceptors (Lipinski definition) is 0. The van der Waals surface area contributed by atoms with Gasteiger partial charge in [-0.3, -0.25) is 0 Å². The van der Waals surface area contributed by atoms with Gasteiger partial charge in [-0.05, 0) is 42.9 Å². The SMILES string of the molecule is C.CC1CCCC(CC2CCCC(C)C2)C1. The Kier molecular flexibility index (Phi) is 5.86. The van der Waals surface area contributed by atoms with E-state index in [2.05, 4.69) is 13.8 Å². The lowest BCUT2D eigenvalue weighted by Gasteiger charge is -2.33. The third kappa shape index (κ3) is 4.11. The molecule has 2 aliphatic rings. The van der Waals surface area contributed by atoms with Gasteiger partial charge in [0.15, 0.2) is 0 Å². The van der Waals surface area contributed by atoms with Gasteiger partial charge in [-0.25, -0.2) is 0 Å². The minimum absolute atomic E-state index is 0. The Hall–Kier alpha value is 0. The number of rotatable bonds is 2. The topological polar surface area (TPSA) is 0 Å². The van der Waals surface area contributed by atoms with Gasteiger partial charge in [0.25, 0.3) is 0 Å². The zero-order valence-corrected chi connectivity index (χ0v) is 10.7. The van der Waals surface area contributed by atoms with Crippen molar-refractivity contribution in [3.8, 4) is 0 Å². The van der Waals surface area contributed by atoms with Crippen molar-refractivity contribution in [2.75, 3.05) is 0 Å². The summed E-state index contributed by atoms with van der Waals surface area (Å²) in [6, 6.07) is 0. The second-order valence-corrected chi connectivity index (χ2v) is 6.51. The maximum Gasteiger partial charge on any atom is -0.0409 e. The van der Waals surface area contributed by atoms with Crippen molar-refractivity contribution in [1.29, 1.82) is 0 Å². The molecule has 2 saturated carbocycles. The smallest absolute Gasteiger partial charge is 0.0409 e.